The van der Waals surface area contributed by atoms with Gasteiger partial charge in [0.25, 0.3) is 5.91 Å². The van der Waals surface area contributed by atoms with Gasteiger partial charge < -0.3 is 14.8 Å². The van der Waals surface area contributed by atoms with Gasteiger partial charge in [-0.15, -0.1) is 0 Å². The van der Waals surface area contributed by atoms with E-state index in [4.69, 9.17) is 9.47 Å². The van der Waals surface area contributed by atoms with Crippen LogP contribution in [0.1, 0.15) is 30.6 Å². The first-order valence-electron chi connectivity index (χ1n) is 8.61. The molecule has 0 radical (unpaired) electrons. The lowest BCUT2D eigenvalue weighted by Crippen LogP contribution is -2.50. The minimum atomic E-state index is -0.149. The van der Waals surface area contributed by atoms with Crippen molar-refractivity contribution >= 4 is 16.7 Å². The van der Waals surface area contributed by atoms with Crippen LogP contribution in [-0.2, 0) is 9.47 Å². The first-order valence-corrected chi connectivity index (χ1v) is 8.61. The Hall–Kier alpha value is -2.24. The molecule has 3 rings (SSSR count). The molecule has 2 aromatic rings. The lowest BCUT2D eigenvalue weighted by Gasteiger charge is -2.32. The number of allylic oxidation sites excluding steroid dienone is 1. The molecule has 0 aliphatic carbocycles. The summed E-state index contributed by atoms with van der Waals surface area (Å²) in [6, 6.07) is 7.38. The van der Waals surface area contributed by atoms with E-state index in [9.17, 15) is 4.79 Å². The van der Waals surface area contributed by atoms with Gasteiger partial charge in [0, 0.05) is 30.0 Å². The molecule has 0 unspecified atom stereocenters. The van der Waals surface area contributed by atoms with Crippen LogP contribution < -0.4 is 5.32 Å². The predicted octanol–water partition coefficient (Wildman–Crippen LogP) is 3.10. The molecule has 0 saturated carbocycles. The van der Waals surface area contributed by atoms with Crippen LogP contribution in [0.15, 0.2) is 48.3 Å². The Labute approximate surface area is 148 Å². The fourth-order valence-electron chi connectivity index (χ4n) is 2.96. The molecule has 1 N–H and O–H groups in total. The van der Waals surface area contributed by atoms with Gasteiger partial charge in [-0.1, -0.05) is 23.8 Å². The molecule has 5 heteroatoms. The van der Waals surface area contributed by atoms with Gasteiger partial charge in [0.15, 0.2) is 0 Å². The Balaban J connectivity index is 1.72. The van der Waals surface area contributed by atoms with Crippen LogP contribution in [0.5, 0.6) is 0 Å². The highest BCUT2D eigenvalue weighted by atomic mass is 16.5. The molecule has 0 bridgehead atoms. The van der Waals surface area contributed by atoms with Crippen molar-refractivity contribution in [1.82, 2.24) is 10.3 Å². The van der Waals surface area contributed by atoms with Gasteiger partial charge in [-0.3, -0.25) is 9.78 Å². The van der Waals surface area contributed by atoms with Crippen LogP contribution in [-0.4, -0.2) is 42.9 Å². The third kappa shape index (κ3) is 4.44. The number of fused-ring (bicyclic) bond motifs is 1. The molecule has 132 valence electrons. The summed E-state index contributed by atoms with van der Waals surface area (Å²) in [5.41, 5.74) is 1.87. The summed E-state index contributed by atoms with van der Waals surface area (Å²) in [7, 11) is 0. The number of hydrogen-bond donors (Lipinski definition) is 1. The van der Waals surface area contributed by atoms with Gasteiger partial charge in [0.05, 0.1) is 25.4 Å². The number of nitrogens with zero attached hydrogens (tertiary/aromatic N) is 1. The molecule has 0 spiro atoms. The first-order chi connectivity index (χ1) is 12.1. The smallest absolute Gasteiger partial charge is 0.252 e. The predicted molar refractivity (Wildman–Crippen MR) is 97.6 cm³/mol. The molecule has 2 heterocycles. The van der Waals surface area contributed by atoms with Gasteiger partial charge in [0.1, 0.15) is 0 Å². The van der Waals surface area contributed by atoms with Crippen molar-refractivity contribution < 1.29 is 14.3 Å². The van der Waals surface area contributed by atoms with Crippen LogP contribution in [0, 0.1) is 0 Å². The molecule has 1 aliphatic heterocycles. The summed E-state index contributed by atoms with van der Waals surface area (Å²) >= 11 is 0. The molecule has 2 atom stereocenters. The standard InChI is InChI=1S/C20H24N2O3/c1-14(2)7-11-25-19-8-10-24-13-18(19)22-20(23)17-5-3-4-15-12-21-9-6-16(15)17/h3-7,9,12,18-19H,8,10-11,13H2,1-2H3,(H,22,23)/t18-,19+/m0/s1. The molecule has 1 aromatic carbocycles. The van der Waals surface area contributed by atoms with Crippen molar-refractivity contribution in [2.75, 3.05) is 19.8 Å². The number of benzene rings is 1. The van der Waals surface area contributed by atoms with E-state index in [0.29, 0.717) is 25.4 Å². The molecule has 1 aliphatic rings. The Kier molecular flexibility index (Phi) is 5.79. The van der Waals surface area contributed by atoms with Crippen molar-refractivity contribution in [2.24, 2.45) is 0 Å². The summed E-state index contributed by atoms with van der Waals surface area (Å²) in [5.74, 6) is -0.108. The van der Waals surface area contributed by atoms with E-state index in [1.165, 1.54) is 5.57 Å². The maximum absolute atomic E-state index is 12.8. The third-order valence-corrected chi connectivity index (χ3v) is 4.34. The van der Waals surface area contributed by atoms with Crippen LogP contribution in [0.2, 0.25) is 0 Å². The number of pyridine rings is 1. The van der Waals surface area contributed by atoms with Crippen molar-refractivity contribution in [1.29, 1.82) is 0 Å². The number of aromatic nitrogens is 1. The van der Waals surface area contributed by atoms with E-state index in [2.05, 4.69) is 10.3 Å². The lowest BCUT2D eigenvalue weighted by molar-refractivity contribution is -0.0457. The number of ether oxygens (including phenoxy) is 2. The largest absolute Gasteiger partial charge is 0.379 e. The number of amides is 1. The summed E-state index contributed by atoms with van der Waals surface area (Å²) in [4.78, 5) is 16.9. The average molecular weight is 340 g/mol. The van der Waals surface area contributed by atoms with Crippen LogP contribution in [0.25, 0.3) is 10.8 Å². The van der Waals surface area contributed by atoms with Gasteiger partial charge >= 0.3 is 0 Å². The van der Waals surface area contributed by atoms with E-state index in [1.54, 1.807) is 12.4 Å². The second-order valence-corrected chi connectivity index (χ2v) is 6.50. The van der Waals surface area contributed by atoms with Gasteiger partial charge in [-0.2, -0.15) is 0 Å². The Morgan fingerprint density at radius 2 is 2.28 bits per heavy atom. The van der Waals surface area contributed by atoms with E-state index >= 15 is 0 Å². The SMILES string of the molecule is CC(C)=CCO[C@@H]1CCOC[C@@H]1NC(=O)c1cccc2cnccc12. The third-order valence-electron chi connectivity index (χ3n) is 4.34. The van der Waals surface area contributed by atoms with Crippen LogP contribution in [0.4, 0.5) is 0 Å². The Morgan fingerprint density at radius 3 is 3.12 bits per heavy atom. The summed E-state index contributed by atoms with van der Waals surface area (Å²) < 4.78 is 11.5. The summed E-state index contributed by atoms with van der Waals surface area (Å²) in [6.45, 7) is 5.77. The molecule has 1 fully saturated rings. The quantitative estimate of drug-likeness (QED) is 0.850. The fraction of sp³-hybridized carbons (Fsp3) is 0.400. The van der Waals surface area contributed by atoms with Gasteiger partial charge in [-0.25, -0.2) is 0 Å². The molecule has 1 amide bonds. The number of carbonyl (C=O) groups is 1. The van der Waals surface area contributed by atoms with Crippen LogP contribution >= 0.6 is 0 Å². The second-order valence-electron chi connectivity index (χ2n) is 6.50. The van der Waals surface area contributed by atoms with E-state index in [1.807, 2.05) is 44.2 Å². The Bertz CT molecular complexity index is 763. The summed E-state index contributed by atoms with van der Waals surface area (Å²) in [5, 5.41) is 4.93. The molecule has 1 saturated heterocycles. The molecular formula is C20H24N2O3. The minimum absolute atomic E-state index is 0.0371. The number of carbonyl (C=O) groups excluding carboxylic acids is 1. The van der Waals surface area contributed by atoms with E-state index in [0.717, 1.165) is 17.2 Å². The number of hydrogen-bond acceptors (Lipinski definition) is 4. The zero-order chi connectivity index (χ0) is 17.6. The molecule has 25 heavy (non-hydrogen) atoms. The highest BCUT2D eigenvalue weighted by Gasteiger charge is 2.28. The van der Waals surface area contributed by atoms with E-state index < -0.39 is 0 Å². The van der Waals surface area contributed by atoms with E-state index in [-0.39, 0.29) is 18.1 Å². The first kappa shape index (κ1) is 17.6. The van der Waals surface area contributed by atoms with Crippen molar-refractivity contribution in [3.8, 4) is 0 Å². The maximum Gasteiger partial charge on any atom is 0.252 e. The average Bonchev–Trinajstić information content (AvgIpc) is 2.62. The lowest BCUT2D eigenvalue weighted by atomic mass is 10.0. The van der Waals surface area contributed by atoms with Gasteiger partial charge in [0.2, 0.25) is 0 Å². The minimum Gasteiger partial charge on any atom is -0.379 e. The second kappa shape index (κ2) is 8.23. The van der Waals surface area contributed by atoms with Crippen LogP contribution in [0.3, 0.4) is 0 Å². The molecule has 1 aromatic heterocycles. The Morgan fingerprint density at radius 1 is 1.40 bits per heavy atom. The zero-order valence-electron chi connectivity index (χ0n) is 14.7. The fourth-order valence-corrected chi connectivity index (χ4v) is 2.96. The van der Waals surface area contributed by atoms with Crippen molar-refractivity contribution in [2.45, 2.75) is 32.4 Å². The summed E-state index contributed by atoms with van der Waals surface area (Å²) in [6.07, 6.45) is 6.26. The highest BCUT2D eigenvalue weighted by Crippen LogP contribution is 2.19. The normalized spacial score (nSPS) is 20.2. The number of nitrogens with one attached hydrogen (secondary N) is 1. The zero-order valence-corrected chi connectivity index (χ0v) is 14.7. The highest BCUT2D eigenvalue weighted by molar-refractivity contribution is 6.06. The maximum atomic E-state index is 12.8. The molecule has 5 nitrogen and oxygen atoms in total. The van der Waals surface area contributed by atoms with Crippen molar-refractivity contribution in [3.63, 3.8) is 0 Å². The van der Waals surface area contributed by atoms with Crippen molar-refractivity contribution in [3.05, 3.63) is 53.9 Å². The van der Waals surface area contributed by atoms with Gasteiger partial charge in [-0.05, 0) is 37.8 Å². The topological polar surface area (TPSA) is 60.5 Å². The number of rotatable bonds is 5. The molecular weight excluding hydrogens is 316 g/mol. The monoisotopic (exact) mass is 340 g/mol.